The quantitative estimate of drug-likeness (QED) is 0.501. The van der Waals surface area contributed by atoms with Gasteiger partial charge < -0.3 is 19.7 Å². The molecule has 1 atom stereocenters. The summed E-state index contributed by atoms with van der Waals surface area (Å²) >= 11 is 6.33. The zero-order valence-electron chi connectivity index (χ0n) is 19.3. The van der Waals surface area contributed by atoms with Crippen LogP contribution in [0.1, 0.15) is 44.7 Å². The molecule has 7 heteroatoms. The third-order valence-corrected chi connectivity index (χ3v) is 5.53. The highest BCUT2D eigenvalue weighted by atomic mass is 35.5. The summed E-state index contributed by atoms with van der Waals surface area (Å²) in [5, 5.41) is 3.24. The highest BCUT2D eigenvalue weighted by Crippen LogP contribution is 2.29. The first-order valence-electron chi connectivity index (χ1n) is 11.1. The third kappa shape index (κ3) is 6.89. The number of hydrogen-bond donors (Lipinski definition) is 1. The van der Waals surface area contributed by atoms with E-state index in [0.717, 1.165) is 11.1 Å². The number of amides is 2. The summed E-state index contributed by atoms with van der Waals surface area (Å²) in [6.07, 6.45) is 1.29. The number of rotatable bonds is 12. The van der Waals surface area contributed by atoms with Crippen LogP contribution in [0.2, 0.25) is 5.02 Å². The van der Waals surface area contributed by atoms with Gasteiger partial charge in [0.2, 0.25) is 11.8 Å². The molecule has 32 heavy (non-hydrogen) atoms. The van der Waals surface area contributed by atoms with Crippen molar-refractivity contribution in [2.75, 3.05) is 20.3 Å². The van der Waals surface area contributed by atoms with Gasteiger partial charge in [0.25, 0.3) is 0 Å². The van der Waals surface area contributed by atoms with Crippen molar-refractivity contribution in [2.24, 2.45) is 0 Å². The van der Waals surface area contributed by atoms with Gasteiger partial charge in [0.1, 0.15) is 6.04 Å². The van der Waals surface area contributed by atoms with Crippen LogP contribution >= 0.6 is 11.6 Å². The van der Waals surface area contributed by atoms with Crippen molar-refractivity contribution in [1.29, 1.82) is 0 Å². The molecule has 2 amide bonds. The number of carbonyl (C=O) groups excluding carboxylic acids is 2. The number of halogens is 1. The van der Waals surface area contributed by atoms with E-state index in [-0.39, 0.29) is 24.8 Å². The first-order valence-corrected chi connectivity index (χ1v) is 11.5. The van der Waals surface area contributed by atoms with Crippen molar-refractivity contribution in [2.45, 2.75) is 52.6 Å². The molecule has 2 aromatic rings. The van der Waals surface area contributed by atoms with Crippen molar-refractivity contribution >= 4 is 23.4 Å². The molecule has 1 unspecified atom stereocenters. The third-order valence-electron chi connectivity index (χ3n) is 5.17. The Hall–Kier alpha value is -2.73. The molecule has 0 bridgehead atoms. The van der Waals surface area contributed by atoms with E-state index < -0.39 is 6.04 Å². The molecule has 174 valence electrons. The maximum absolute atomic E-state index is 13.3. The fourth-order valence-electron chi connectivity index (χ4n) is 3.54. The van der Waals surface area contributed by atoms with Gasteiger partial charge >= 0.3 is 0 Å². The summed E-state index contributed by atoms with van der Waals surface area (Å²) in [6, 6.07) is 12.5. The molecule has 2 rings (SSSR count). The summed E-state index contributed by atoms with van der Waals surface area (Å²) in [6.45, 7) is 7.09. The number of likely N-dealkylation sites (N-methyl/N-ethyl adjacent to an activating group) is 1. The molecular formula is C25H33ClN2O4. The molecule has 2 aromatic carbocycles. The highest BCUT2D eigenvalue weighted by molar-refractivity contribution is 6.31. The molecule has 0 fully saturated rings. The van der Waals surface area contributed by atoms with E-state index in [1.807, 2.05) is 57.2 Å². The van der Waals surface area contributed by atoms with Crippen LogP contribution < -0.4 is 14.8 Å². The van der Waals surface area contributed by atoms with Crippen LogP contribution in [-0.2, 0) is 22.6 Å². The lowest BCUT2D eigenvalue weighted by Gasteiger charge is -2.30. The number of carbonyl (C=O) groups is 2. The van der Waals surface area contributed by atoms with E-state index in [2.05, 4.69) is 5.32 Å². The fourth-order valence-corrected chi connectivity index (χ4v) is 3.74. The Morgan fingerprint density at radius 1 is 1.03 bits per heavy atom. The van der Waals surface area contributed by atoms with Crippen LogP contribution in [0.4, 0.5) is 0 Å². The van der Waals surface area contributed by atoms with Crippen molar-refractivity contribution in [3.8, 4) is 11.5 Å². The minimum Gasteiger partial charge on any atom is -0.490 e. The van der Waals surface area contributed by atoms with Crippen molar-refractivity contribution in [3.05, 3.63) is 58.6 Å². The SMILES string of the molecule is CCOc1ccc(CCC(=O)N(Cc2ccccc2Cl)C(CC)C(=O)NC)cc1OCC. The van der Waals surface area contributed by atoms with Gasteiger partial charge in [-0.05, 0) is 56.0 Å². The second-order valence-corrected chi connectivity index (χ2v) is 7.71. The second kappa shape index (κ2) is 13.0. The van der Waals surface area contributed by atoms with Crippen LogP contribution in [0.5, 0.6) is 11.5 Å². The Bertz CT molecular complexity index is 903. The Balaban J connectivity index is 2.21. The van der Waals surface area contributed by atoms with E-state index in [4.69, 9.17) is 21.1 Å². The van der Waals surface area contributed by atoms with Gasteiger partial charge in [0.05, 0.1) is 13.2 Å². The molecule has 6 nitrogen and oxygen atoms in total. The molecule has 0 heterocycles. The minimum absolute atomic E-state index is 0.104. The molecular weight excluding hydrogens is 428 g/mol. The van der Waals surface area contributed by atoms with E-state index in [0.29, 0.717) is 42.6 Å². The number of nitrogens with one attached hydrogen (secondary N) is 1. The Morgan fingerprint density at radius 2 is 1.72 bits per heavy atom. The van der Waals surface area contributed by atoms with Gasteiger partial charge in [0.15, 0.2) is 11.5 Å². The number of hydrogen-bond acceptors (Lipinski definition) is 4. The van der Waals surface area contributed by atoms with E-state index in [1.165, 1.54) is 0 Å². The van der Waals surface area contributed by atoms with Gasteiger partial charge in [-0.1, -0.05) is 42.8 Å². The van der Waals surface area contributed by atoms with E-state index in [1.54, 1.807) is 18.0 Å². The normalized spacial score (nSPS) is 11.5. The predicted molar refractivity (Wildman–Crippen MR) is 127 cm³/mol. The molecule has 0 aliphatic rings. The largest absolute Gasteiger partial charge is 0.490 e. The van der Waals surface area contributed by atoms with Gasteiger partial charge in [-0.2, -0.15) is 0 Å². The highest BCUT2D eigenvalue weighted by Gasteiger charge is 2.28. The Labute approximate surface area is 195 Å². The summed E-state index contributed by atoms with van der Waals surface area (Å²) < 4.78 is 11.3. The molecule has 0 spiro atoms. The topological polar surface area (TPSA) is 67.9 Å². The zero-order chi connectivity index (χ0) is 23.5. The summed E-state index contributed by atoms with van der Waals surface area (Å²) in [5.41, 5.74) is 1.78. The summed E-state index contributed by atoms with van der Waals surface area (Å²) in [7, 11) is 1.58. The van der Waals surface area contributed by atoms with Gasteiger partial charge in [-0.15, -0.1) is 0 Å². The number of nitrogens with zero attached hydrogens (tertiary/aromatic N) is 1. The monoisotopic (exact) mass is 460 g/mol. The smallest absolute Gasteiger partial charge is 0.242 e. The number of benzene rings is 2. The average molecular weight is 461 g/mol. The zero-order valence-corrected chi connectivity index (χ0v) is 20.1. The molecule has 0 saturated heterocycles. The summed E-state index contributed by atoms with van der Waals surface area (Å²) in [4.78, 5) is 27.4. The molecule has 0 radical (unpaired) electrons. The lowest BCUT2D eigenvalue weighted by Crippen LogP contribution is -2.48. The van der Waals surface area contributed by atoms with Crippen molar-refractivity contribution < 1.29 is 19.1 Å². The summed E-state index contributed by atoms with van der Waals surface area (Å²) in [5.74, 6) is 1.07. The molecule has 0 aromatic heterocycles. The lowest BCUT2D eigenvalue weighted by molar-refractivity contribution is -0.141. The fraction of sp³-hybridized carbons (Fsp3) is 0.440. The van der Waals surface area contributed by atoms with Crippen molar-refractivity contribution in [3.63, 3.8) is 0 Å². The van der Waals surface area contributed by atoms with Crippen LogP contribution in [0, 0.1) is 0 Å². The number of ether oxygens (including phenoxy) is 2. The first-order chi connectivity index (χ1) is 15.4. The van der Waals surface area contributed by atoms with Gasteiger partial charge in [-0.25, -0.2) is 0 Å². The average Bonchev–Trinajstić information content (AvgIpc) is 2.80. The van der Waals surface area contributed by atoms with Crippen LogP contribution in [0.15, 0.2) is 42.5 Å². The maximum Gasteiger partial charge on any atom is 0.242 e. The van der Waals surface area contributed by atoms with Crippen LogP contribution in [0.3, 0.4) is 0 Å². The molecule has 0 aliphatic heterocycles. The first kappa shape index (κ1) is 25.5. The van der Waals surface area contributed by atoms with Crippen molar-refractivity contribution in [1.82, 2.24) is 10.2 Å². The second-order valence-electron chi connectivity index (χ2n) is 7.30. The maximum atomic E-state index is 13.3. The van der Waals surface area contributed by atoms with Crippen LogP contribution in [0.25, 0.3) is 0 Å². The Kier molecular flexibility index (Phi) is 10.3. The molecule has 1 N–H and O–H groups in total. The molecule has 0 aliphatic carbocycles. The van der Waals surface area contributed by atoms with Crippen LogP contribution in [-0.4, -0.2) is 43.0 Å². The standard InChI is InChI=1S/C25H33ClN2O4/c1-5-21(25(30)27-4)28(17-19-10-8-9-11-20(19)26)24(29)15-13-18-12-14-22(31-6-2)23(16-18)32-7-3/h8-12,14,16,21H,5-7,13,15,17H2,1-4H3,(H,27,30). The predicted octanol–water partition coefficient (Wildman–Crippen LogP) is 4.62. The number of aryl methyl sites for hydroxylation is 1. The van der Waals surface area contributed by atoms with E-state index >= 15 is 0 Å². The van der Waals surface area contributed by atoms with Gasteiger partial charge in [-0.3, -0.25) is 9.59 Å². The lowest BCUT2D eigenvalue weighted by atomic mass is 10.1. The molecule has 0 saturated carbocycles. The van der Waals surface area contributed by atoms with Gasteiger partial charge in [0, 0.05) is 25.0 Å². The Morgan fingerprint density at radius 3 is 2.34 bits per heavy atom. The van der Waals surface area contributed by atoms with E-state index in [9.17, 15) is 9.59 Å². The minimum atomic E-state index is -0.567.